The van der Waals surface area contributed by atoms with E-state index in [0.717, 1.165) is 0 Å². The van der Waals surface area contributed by atoms with Gasteiger partial charge in [0.15, 0.2) is 0 Å². The monoisotopic (exact) mass is 294 g/mol. The van der Waals surface area contributed by atoms with Gasteiger partial charge in [-0.1, -0.05) is 60.7 Å². The summed E-state index contributed by atoms with van der Waals surface area (Å²) in [6.07, 6.45) is 0. The highest BCUT2D eigenvalue weighted by Gasteiger charge is 2.52. The number of benzene rings is 2. The van der Waals surface area contributed by atoms with Gasteiger partial charge in [0.2, 0.25) is 5.91 Å². The molecule has 3 rings (SSSR count). The van der Waals surface area contributed by atoms with Crippen LogP contribution in [0.1, 0.15) is 23.0 Å². The van der Waals surface area contributed by atoms with Crippen LogP contribution in [0.5, 0.6) is 0 Å². The average molecular weight is 294 g/mol. The first-order chi connectivity index (χ1) is 10.7. The fraction of sp³-hybridized carbons (Fsp3) is 0.316. The van der Waals surface area contributed by atoms with Crippen LogP contribution < -0.4 is 5.32 Å². The summed E-state index contributed by atoms with van der Waals surface area (Å²) in [6, 6.07) is 21.1. The lowest BCUT2D eigenvalue weighted by Gasteiger charge is -2.10. The van der Waals surface area contributed by atoms with Crippen molar-refractivity contribution in [2.24, 2.45) is 0 Å². The topological polar surface area (TPSA) is 32.3 Å². The van der Waals surface area contributed by atoms with E-state index in [0.29, 0.717) is 18.4 Å². The highest BCUT2D eigenvalue weighted by atomic mass is 16.2. The molecule has 22 heavy (non-hydrogen) atoms. The Hall–Kier alpha value is -2.13. The minimum atomic E-state index is 0.0920. The predicted octanol–water partition coefficient (Wildman–Crippen LogP) is 2.61. The second kappa shape index (κ2) is 6.32. The molecule has 1 unspecified atom stereocenters. The summed E-state index contributed by atoms with van der Waals surface area (Å²) in [6.45, 7) is 0.430. The molecule has 1 fully saturated rings. The van der Waals surface area contributed by atoms with Gasteiger partial charge in [-0.25, -0.2) is 0 Å². The molecule has 1 N–H and O–H groups in total. The fourth-order valence-electron chi connectivity index (χ4n) is 3.19. The Bertz CT molecular complexity index is 579. The van der Waals surface area contributed by atoms with Crippen LogP contribution in [-0.4, -0.2) is 37.5 Å². The van der Waals surface area contributed by atoms with E-state index < -0.39 is 0 Å². The Morgan fingerprint density at radius 1 is 0.909 bits per heavy atom. The molecule has 0 radical (unpaired) electrons. The third kappa shape index (κ3) is 3.20. The van der Waals surface area contributed by atoms with Crippen molar-refractivity contribution < 1.29 is 4.79 Å². The number of hydrogen-bond donors (Lipinski definition) is 1. The first-order valence-corrected chi connectivity index (χ1v) is 7.71. The second-order valence-electron chi connectivity index (χ2n) is 6.20. The highest BCUT2D eigenvalue weighted by molar-refractivity contribution is 5.79. The molecular weight excluding hydrogens is 272 g/mol. The number of rotatable bonds is 5. The van der Waals surface area contributed by atoms with Gasteiger partial charge in [-0.15, -0.1) is 0 Å². The molecule has 0 aromatic heterocycles. The van der Waals surface area contributed by atoms with Crippen LogP contribution in [0, 0.1) is 0 Å². The number of carbonyl (C=O) groups excluding carboxylic acids is 1. The van der Waals surface area contributed by atoms with E-state index in [4.69, 9.17) is 0 Å². The summed E-state index contributed by atoms with van der Waals surface area (Å²) in [7, 11) is 3.83. The lowest BCUT2D eigenvalue weighted by atomic mass is 10.0. The number of amides is 1. The van der Waals surface area contributed by atoms with Gasteiger partial charge in [0.1, 0.15) is 0 Å². The summed E-state index contributed by atoms with van der Waals surface area (Å²) >= 11 is 0. The van der Waals surface area contributed by atoms with Gasteiger partial charge in [0.05, 0.1) is 6.54 Å². The van der Waals surface area contributed by atoms with Gasteiger partial charge in [-0.05, 0) is 25.2 Å². The average Bonchev–Trinajstić information content (AvgIpc) is 3.22. The molecule has 1 aliphatic carbocycles. The van der Waals surface area contributed by atoms with Crippen LogP contribution in [0.3, 0.4) is 0 Å². The molecule has 0 heterocycles. The summed E-state index contributed by atoms with van der Waals surface area (Å²) in [4.78, 5) is 14.0. The lowest BCUT2D eigenvalue weighted by Crippen LogP contribution is -2.35. The van der Waals surface area contributed by atoms with Gasteiger partial charge in [-0.3, -0.25) is 4.79 Å². The molecule has 0 spiro atoms. The maximum atomic E-state index is 12.1. The molecular formula is C19H22N2O. The molecule has 0 aliphatic heterocycles. The number of nitrogens with one attached hydrogen (secondary N) is 1. The van der Waals surface area contributed by atoms with E-state index in [1.807, 2.05) is 31.1 Å². The maximum absolute atomic E-state index is 12.1. The molecule has 2 aromatic carbocycles. The molecule has 1 aliphatic rings. The molecule has 3 heteroatoms. The first-order valence-electron chi connectivity index (χ1n) is 7.71. The van der Waals surface area contributed by atoms with E-state index in [2.05, 4.69) is 53.8 Å². The minimum absolute atomic E-state index is 0.0920. The highest BCUT2D eigenvalue weighted by Crippen LogP contribution is 2.54. The van der Waals surface area contributed by atoms with Gasteiger partial charge in [0.25, 0.3) is 0 Å². The van der Waals surface area contributed by atoms with E-state index in [1.165, 1.54) is 11.1 Å². The zero-order valence-corrected chi connectivity index (χ0v) is 13.1. The van der Waals surface area contributed by atoms with Crippen molar-refractivity contribution in [2.75, 3.05) is 20.6 Å². The third-order valence-corrected chi connectivity index (χ3v) is 4.18. The van der Waals surface area contributed by atoms with Crippen molar-refractivity contribution in [3.8, 4) is 0 Å². The van der Waals surface area contributed by atoms with Crippen molar-refractivity contribution in [2.45, 2.75) is 17.9 Å². The molecule has 3 nitrogen and oxygen atoms in total. The number of hydrogen-bond acceptors (Lipinski definition) is 2. The van der Waals surface area contributed by atoms with Gasteiger partial charge >= 0.3 is 0 Å². The summed E-state index contributed by atoms with van der Waals surface area (Å²) in [5.74, 6) is 0.832. The number of likely N-dealkylation sites (N-methyl/N-ethyl adjacent to an activating group) is 1. The SMILES string of the molecule is CN(C)CC(=O)NC1[C@@H](c2ccccc2)[C@H]1c1ccccc1. The fourth-order valence-corrected chi connectivity index (χ4v) is 3.19. The Kier molecular flexibility index (Phi) is 4.25. The van der Waals surface area contributed by atoms with Crippen molar-refractivity contribution >= 4 is 5.91 Å². The van der Waals surface area contributed by atoms with Crippen molar-refractivity contribution in [3.05, 3.63) is 71.8 Å². The second-order valence-corrected chi connectivity index (χ2v) is 6.20. The smallest absolute Gasteiger partial charge is 0.234 e. The van der Waals surface area contributed by atoms with Crippen molar-refractivity contribution in [1.29, 1.82) is 0 Å². The van der Waals surface area contributed by atoms with Gasteiger partial charge in [0, 0.05) is 17.9 Å². The maximum Gasteiger partial charge on any atom is 0.234 e. The molecule has 1 amide bonds. The Morgan fingerprint density at radius 3 is 1.77 bits per heavy atom. The third-order valence-electron chi connectivity index (χ3n) is 4.18. The van der Waals surface area contributed by atoms with E-state index >= 15 is 0 Å². The van der Waals surface area contributed by atoms with Crippen LogP contribution in [0.2, 0.25) is 0 Å². The van der Waals surface area contributed by atoms with Crippen LogP contribution in [-0.2, 0) is 4.79 Å². The Balaban J connectivity index is 1.79. The molecule has 1 saturated carbocycles. The largest absolute Gasteiger partial charge is 0.351 e. The van der Waals surface area contributed by atoms with Crippen LogP contribution in [0.15, 0.2) is 60.7 Å². The number of carbonyl (C=O) groups is 1. The molecule has 0 bridgehead atoms. The van der Waals surface area contributed by atoms with Crippen LogP contribution in [0.25, 0.3) is 0 Å². The zero-order valence-electron chi connectivity index (χ0n) is 13.1. The van der Waals surface area contributed by atoms with E-state index in [1.54, 1.807) is 0 Å². The van der Waals surface area contributed by atoms with Crippen molar-refractivity contribution in [3.63, 3.8) is 0 Å². The van der Waals surface area contributed by atoms with Gasteiger partial charge < -0.3 is 10.2 Å². The number of nitrogens with zero attached hydrogens (tertiary/aromatic N) is 1. The van der Waals surface area contributed by atoms with Gasteiger partial charge in [-0.2, -0.15) is 0 Å². The minimum Gasteiger partial charge on any atom is -0.351 e. The zero-order chi connectivity index (χ0) is 15.5. The molecule has 0 saturated heterocycles. The van der Waals surface area contributed by atoms with Crippen molar-refractivity contribution in [1.82, 2.24) is 10.2 Å². The molecule has 114 valence electrons. The standard InChI is InChI=1S/C19H22N2O/c1-21(2)13-16(22)20-19-17(14-9-5-3-6-10-14)18(19)15-11-7-4-8-12-15/h3-12,17-19H,13H2,1-2H3,(H,20,22)/t17-,18+,19?. The Labute approximate surface area is 132 Å². The van der Waals surface area contributed by atoms with E-state index in [-0.39, 0.29) is 11.9 Å². The molecule has 2 aromatic rings. The van der Waals surface area contributed by atoms with E-state index in [9.17, 15) is 4.79 Å². The summed E-state index contributed by atoms with van der Waals surface area (Å²) in [5.41, 5.74) is 2.60. The van der Waals surface area contributed by atoms with Crippen LogP contribution in [0.4, 0.5) is 0 Å². The van der Waals surface area contributed by atoms with Crippen LogP contribution >= 0.6 is 0 Å². The summed E-state index contributed by atoms with van der Waals surface area (Å²) < 4.78 is 0. The Morgan fingerprint density at radius 2 is 1.36 bits per heavy atom. The lowest BCUT2D eigenvalue weighted by molar-refractivity contribution is -0.121. The molecule has 3 atom stereocenters. The first kappa shape index (κ1) is 14.8. The quantitative estimate of drug-likeness (QED) is 0.919. The predicted molar refractivity (Wildman–Crippen MR) is 88.9 cm³/mol. The summed E-state index contributed by atoms with van der Waals surface area (Å²) in [5, 5.41) is 3.20. The normalized spacial score (nSPS) is 23.3.